The van der Waals surface area contributed by atoms with E-state index >= 15 is 0 Å². The van der Waals surface area contributed by atoms with Crippen LogP contribution in [0.4, 0.5) is 0 Å². The van der Waals surface area contributed by atoms with E-state index < -0.39 is 12.0 Å². The maximum absolute atomic E-state index is 12.4. The summed E-state index contributed by atoms with van der Waals surface area (Å²) in [5.41, 5.74) is 0.724. The summed E-state index contributed by atoms with van der Waals surface area (Å²) in [7, 11) is 1.32. The molecule has 114 valence electrons. The first-order chi connectivity index (χ1) is 10.1. The normalized spacial score (nSPS) is 23.1. The predicted molar refractivity (Wildman–Crippen MR) is 79.5 cm³/mol. The van der Waals surface area contributed by atoms with Gasteiger partial charge in [0.05, 0.1) is 13.2 Å². The van der Waals surface area contributed by atoms with Crippen molar-refractivity contribution in [3.8, 4) is 0 Å². The van der Waals surface area contributed by atoms with Crippen molar-refractivity contribution in [3.05, 3.63) is 35.9 Å². The number of ether oxygens (including phenoxy) is 1. The molecule has 1 aliphatic heterocycles. The number of amides is 1. The van der Waals surface area contributed by atoms with Crippen LogP contribution in [0.15, 0.2) is 30.3 Å². The number of piperidine rings is 1. The minimum Gasteiger partial charge on any atom is -0.467 e. The maximum Gasteiger partial charge on any atom is 0.333 e. The van der Waals surface area contributed by atoms with E-state index in [4.69, 9.17) is 4.74 Å². The van der Waals surface area contributed by atoms with E-state index in [2.05, 4.69) is 17.6 Å². The van der Waals surface area contributed by atoms with Gasteiger partial charge in [-0.3, -0.25) is 4.79 Å². The molecule has 1 aromatic carbocycles. The number of nitrogens with one attached hydrogen (secondary N) is 2. The molecule has 0 saturated carbocycles. The van der Waals surface area contributed by atoms with Crippen LogP contribution in [0.3, 0.4) is 0 Å². The lowest BCUT2D eigenvalue weighted by Crippen LogP contribution is -2.50. The second-order valence-corrected chi connectivity index (χ2v) is 5.51. The monoisotopic (exact) mass is 290 g/mol. The van der Waals surface area contributed by atoms with Crippen molar-refractivity contribution in [3.63, 3.8) is 0 Å². The van der Waals surface area contributed by atoms with Crippen LogP contribution in [0.5, 0.6) is 0 Å². The van der Waals surface area contributed by atoms with Crippen molar-refractivity contribution in [2.45, 2.75) is 31.8 Å². The Morgan fingerprint density at radius 2 is 2.05 bits per heavy atom. The van der Waals surface area contributed by atoms with Gasteiger partial charge in [0, 0.05) is 0 Å². The molecule has 1 heterocycles. The molecule has 1 aliphatic rings. The summed E-state index contributed by atoms with van der Waals surface area (Å²) in [6.07, 6.45) is 1.86. The van der Waals surface area contributed by atoms with E-state index in [1.807, 2.05) is 18.2 Å². The molecule has 3 atom stereocenters. The summed E-state index contributed by atoms with van der Waals surface area (Å²) >= 11 is 0. The molecule has 0 spiro atoms. The van der Waals surface area contributed by atoms with Crippen molar-refractivity contribution in [2.24, 2.45) is 5.92 Å². The molecule has 2 rings (SSSR count). The van der Waals surface area contributed by atoms with Crippen LogP contribution < -0.4 is 10.6 Å². The van der Waals surface area contributed by atoms with Crippen LogP contribution in [0.25, 0.3) is 0 Å². The number of carbonyl (C=O) groups excluding carboxylic acids is 2. The Balaban J connectivity index is 2.08. The predicted octanol–water partition coefficient (Wildman–Crippen LogP) is 1.40. The van der Waals surface area contributed by atoms with Crippen LogP contribution in [-0.4, -0.2) is 31.6 Å². The summed E-state index contributed by atoms with van der Waals surface area (Å²) in [6.45, 7) is 2.96. The second-order valence-electron chi connectivity index (χ2n) is 5.51. The number of hydrogen-bond donors (Lipinski definition) is 2. The second kappa shape index (κ2) is 7.22. The molecule has 2 N–H and O–H groups in total. The van der Waals surface area contributed by atoms with Gasteiger partial charge < -0.3 is 15.4 Å². The first-order valence-electron chi connectivity index (χ1n) is 7.28. The number of methoxy groups -OCH3 is 1. The molecule has 0 radical (unpaired) electrons. The van der Waals surface area contributed by atoms with Crippen LogP contribution in [-0.2, 0) is 14.3 Å². The van der Waals surface area contributed by atoms with Gasteiger partial charge in [-0.25, -0.2) is 4.79 Å². The van der Waals surface area contributed by atoms with E-state index in [1.54, 1.807) is 12.1 Å². The summed E-state index contributed by atoms with van der Waals surface area (Å²) < 4.78 is 4.80. The van der Waals surface area contributed by atoms with E-state index in [9.17, 15) is 9.59 Å². The first kappa shape index (κ1) is 15.5. The summed E-state index contributed by atoms with van der Waals surface area (Å²) in [5, 5.41) is 6.00. The lowest BCUT2D eigenvalue weighted by molar-refractivity contribution is -0.145. The van der Waals surface area contributed by atoms with Crippen molar-refractivity contribution in [1.82, 2.24) is 10.6 Å². The molecule has 21 heavy (non-hydrogen) atoms. The zero-order valence-corrected chi connectivity index (χ0v) is 12.5. The van der Waals surface area contributed by atoms with Gasteiger partial charge in [-0.1, -0.05) is 37.3 Å². The molecular formula is C16H22N2O3. The molecule has 1 amide bonds. The average Bonchev–Trinajstić information content (AvgIpc) is 2.52. The Morgan fingerprint density at radius 1 is 1.33 bits per heavy atom. The average molecular weight is 290 g/mol. The van der Waals surface area contributed by atoms with Gasteiger partial charge in [-0.15, -0.1) is 0 Å². The molecule has 1 saturated heterocycles. The quantitative estimate of drug-likeness (QED) is 0.823. The number of esters is 1. The topological polar surface area (TPSA) is 67.4 Å². The van der Waals surface area contributed by atoms with E-state index in [0.717, 1.165) is 24.9 Å². The maximum atomic E-state index is 12.4. The van der Waals surface area contributed by atoms with Crippen LogP contribution >= 0.6 is 0 Å². The summed E-state index contributed by atoms with van der Waals surface area (Å²) in [5.74, 6) is -0.102. The van der Waals surface area contributed by atoms with Crippen LogP contribution in [0.2, 0.25) is 0 Å². The minimum absolute atomic E-state index is 0.152. The highest BCUT2D eigenvalue weighted by Crippen LogP contribution is 2.18. The zero-order valence-electron chi connectivity index (χ0n) is 12.5. The third-order valence-electron chi connectivity index (χ3n) is 3.84. The SMILES string of the molecule is COC(=O)C(NC(=O)C1CC(C)CCN1)c1ccccc1. The van der Waals surface area contributed by atoms with Gasteiger partial charge in [-0.05, 0) is 30.9 Å². The third kappa shape index (κ3) is 4.04. The van der Waals surface area contributed by atoms with Gasteiger partial charge in [0.25, 0.3) is 0 Å². The molecule has 3 unspecified atom stereocenters. The fraction of sp³-hybridized carbons (Fsp3) is 0.500. The zero-order chi connectivity index (χ0) is 15.2. The number of carbonyl (C=O) groups is 2. The smallest absolute Gasteiger partial charge is 0.333 e. The van der Waals surface area contributed by atoms with Crippen molar-refractivity contribution in [1.29, 1.82) is 0 Å². The minimum atomic E-state index is -0.761. The van der Waals surface area contributed by atoms with Gasteiger partial charge in [0.15, 0.2) is 6.04 Å². The standard InChI is InChI=1S/C16H22N2O3/c1-11-8-9-17-13(10-11)15(19)18-14(16(20)21-2)12-6-4-3-5-7-12/h3-7,11,13-14,17H,8-10H2,1-2H3,(H,18,19). The molecule has 0 aromatic heterocycles. The third-order valence-corrected chi connectivity index (χ3v) is 3.84. The molecule has 5 nitrogen and oxygen atoms in total. The number of hydrogen-bond acceptors (Lipinski definition) is 4. The lowest BCUT2D eigenvalue weighted by atomic mass is 9.93. The summed E-state index contributed by atoms with van der Waals surface area (Å²) in [6, 6.07) is 8.13. The van der Waals surface area contributed by atoms with Gasteiger partial charge in [-0.2, -0.15) is 0 Å². The Kier molecular flexibility index (Phi) is 5.33. The molecule has 0 bridgehead atoms. The highest BCUT2D eigenvalue weighted by Gasteiger charge is 2.29. The van der Waals surface area contributed by atoms with Gasteiger partial charge in [0.2, 0.25) is 5.91 Å². The first-order valence-corrected chi connectivity index (χ1v) is 7.28. The number of benzene rings is 1. The Hall–Kier alpha value is -1.88. The molecule has 1 aromatic rings. The van der Waals surface area contributed by atoms with Gasteiger partial charge >= 0.3 is 5.97 Å². The Bertz CT molecular complexity index is 490. The highest BCUT2D eigenvalue weighted by atomic mass is 16.5. The van der Waals surface area contributed by atoms with E-state index in [1.165, 1.54) is 7.11 Å². The summed E-state index contributed by atoms with van der Waals surface area (Å²) in [4.78, 5) is 24.3. The van der Waals surface area contributed by atoms with E-state index in [-0.39, 0.29) is 11.9 Å². The van der Waals surface area contributed by atoms with Gasteiger partial charge in [0.1, 0.15) is 0 Å². The van der Waals surface area contributed by atoms with Crippen LogP contribution in [0, 0.1) is 5.92 Å². The van der Waals surface area contributed by atoms with E-state index in [0.29, 0.717) is 5.92 Å². The fourth-order valence-electron chi connectivity index (χ4n) is 2.59. The van der Waals surface area contributed by atoms with Crippen molar-refractivity contribution >= 4 is 11.9 Å². The Morgan fingerprint density at radius 3 is 2.67 bits per heavy atom. The molecule has 1 fully saturated rings. The van der Waals surface area contributed by atoms with Crippen molar-refractivity contribution in [2.75, 3.05) is 13.7 Å². The largest absolute Gasteiger partial charge is 0.467 e. The fourth-order valence-corrected chi connectivity index (χ4v) is 2.59. The molecule has 5 heteroatoms. The number of rotatable bonds is 4. The highest BCUT2D eigenvalue weighted by molar-refractivity contribution is 5.88. The Labute approximate surface area is 125 Å². The molecular weight excluding hydrogens is 268 g/mol. The van der Waals surface area contributed by atoms with Crippen molar-refractivity contribution < 1.29 is 14.3 Å². The molecule has 0 aliphatic carbocycles. The lowest BCUT2D eigenvalue weighted by Gasteiger charge is -2.28. The van der Waals surface area contributed by atoms with Crippen LogP contribution in [0.1, 0.15) is 31.4 Å².